The molecule has 1 aliphatic heterocycles. The summed E-state index contributed by atoms with van der Waals surface area (Å²) in [6, 6.07) is 5.52. The molecule has 1 fully saturated rings. The zero-order valence-corrected chi connectivity index (χ0v) is 13.0. The Kier molecular flexibility index (Phi) is 4.53. The lowest BCUT2D eigenvalue weighted by Gasteiger charge is -2.31. The molecule has 1 aromatic carbocycles. The number of hydrogen-bond donors (Lipinski definition) is 1. The summed E-state index contributed by atoms with van der Waals surface area (Å²) in [7, 11) is -0.0254. The Morgan fingerprint density at radius 1 is 1.24 bits per heavy atom. The van der Waals surface area contributed by atoms with E-state index in [2.05, 4.69) is 0 Å². The van der Waals surface area contributed by atoms with E-state index in [-0.39, 0.29) is 11.4 Å². The van der Waals surface area contributed by atoms with E-state index in [1.54, 1.807) is 12.1 Å². The van der Waals surface area contributed by atoms with Crippen molar-refractivity contribution in [2.75, 3.05) is 25.5 Å². The summed E-state index contributed by atoms with van der Waals surface area (Å²) < 4.78 is 26.4. The first-order valence-corrected chi connectivity index (χ1v) is 8.30. The van der Waals surface area contributed by atoms with Crippen LogP contribution in [-0.2, 0) is 14.8 Å². The van der Waals surface area contributed by atoms with E-state index < -0.39 is 22.0 Å². The number of carboxylic acid groups (broad SMARTS) is 1. The van der Waals surface area contributed by atoms with Crippen molar-refractivity contribution in [2.45, 2.75) is 30.2 Å². The van der Waals surface area contributed by atoms with Crippen molar-refractivity contribution in [1.29, 1.82) is 0 Å². The summed E-state index contributed by atoms with van der Waals surface area (Å²) in [6.45, 7) is 0.259. The first-order valence-electron chi connectivity index (χ1n) is 6.86. The molecule has 0 spiro atoms. The van der Waals surface area contributed by atoms with Crippen molar-refractivity contribution in [3.05, 3.63) is 24.3 Å². The maximum absolute atomic E-state index is 12.6. The Morgan fingerprint density at radius 3 is 2.38 bits per heavy atom. The number of nitrogens with zero attached hydrogens (tertiary/aromatic N) is 2. The van der Waals surface area contributed by atoms with E-state index in [0.717, 1.165) is 16.4 Å². The fraction of sp³-hybridized carbons (Fsp3) is 0.500. The Hall–Kier alpha value is -1.60. The van der Waals surface area contributed by atoms with Gasteiger partial charge in [-0.3, -0.25) is 4.79 Å². The van der Waals surface area contributed by atoms with Gasteiger partial charge < -0.3 is 10.0 Å². The largest absolute Gasteiger partial charge is 0.480 e. The number of piperidine rings is 1. The van der Waals surface area contributed by atoms with Gasteiger partial charge in [0.25, 0.3) is 0 Å². The van der Waals surface area contributed by atoms with E-state index in [9.17, 15) is 18.3 Å². The van der Waals surface area contributed by atoms with Gasteiger partial charge in [0.1, 0.15) is 6.04 Å². The molecule has 0 saturated carbocycles. The highest BCUT2D eigenvalue weighted by atomic mass is 32.2. The average Bonchev–Trinajstić information content (AvgIpc) is 2.47. The predicted octanol–water partition coefficient (Wildman–Crippen LogP) is 1.38. The first kappa shape index (κ1) is 15.8. The lowest BCUT2D eigenvalue weighted by Crippen LogP contribution is -2.47. The van der Waals surface area contributed by atoms with Crippen molar-refractivity contribution in [3.8, 4) is 0 Å². The predicted molar refractivity (Wildman–Crippen MR) is 79.9 cm³/mol. The summed E-state index contributed by atoms with van der Waals surface area (Å²) >= 11 is 0. The monoisotopic (exact) mass is 312 g/mol. The van der Waals surface area contributed by atoms with Gasteiger partial charge >= 0.3 is 5.97 Å². The van der Waals surface area contributed by atoms with Crippen LogP contribution in [0.5, 0.6) is 0 Å². The number of benzene rings is 1. The molecular formula is C14H20N2O4S. The van der Waals surface area contributed by atoms with Gasteiger partial charge in [-0.25, -0.2) is 8.42 Å². The number of carboxylic acids is 1. The molecule has 1 saturated heterocycles. The molecule has 1 heterocycles. The minimum atomic E-state index is -3.76. The van der Waals surface area contributed by atoms with E-state index >= 15 is 0 Å². The highest BCUT2D eigenvalue weighted by Gasteiger charge is 2.37. The van der Waals surface area contributed by atoms with Crippen LogP contribution >= 0.6 is 0 Å². The van der Waals surface area contributed by atoms with Gasteiger partial charge in [0, 0.05) is 26.3 Å². The van der Waals surface area contributed by atoms with Crippen LogP contribution in [-0.4, -0.2) is 50.5 Å². The zero-order chi connectivity index (χ0) is 15.6. The van der Waals surface area contributed by atoms with Gasteiger partial charge in [-0.1, -0.05) is 0 Å². The number of sulfonamides is 1. The van der Waals surface area contributed by atoms with Crippen LogP contribution in [0.4, 0.5) is 5.69 Å². The molecule has 1 aromatic rings. The van der Waals surface area contributed by atoms with Crippen molar-refractivity contribution in [1.82, 2.24) is 4.31 Å². The number of rotatable bonds is 4. The molecule has 116 valence electrons. The number of aliphatic carboxylic acids is 1. The molecule has 0 amide bonds. The SMILES string of the molecule is CN(C)c1ccc(S(=O)(=O)N2CCCCC2C(=O)O)cc1. The number of carbonyl (C=O) groups is 1. The Bertz CT molecular complexity index is 610. The van der Waals surface area contributed by atoms with E-state index in [1.807, 2.05) is 19.0 Å². The van der Waals surface area contributed by atoms with E-state index in [4.69, 9.17) is 0 Å². The quantitative estimate of drug-likeness (QED) is 0.909. The van der Waals surface area contributed by atoms with Crippen LogP contribution in [0.2, 0.25) is 0 Å². The lowest BCUT2D eigenvalue weighted by atomic mass is 10.1. The van der Waals surface area contributed by atoms with Gasteiger partial charge in [0.05, 0.1) is 4.90 Å². The number of anilines is 1. The number of hydrogen-bond acceptors (Lipinski definition) is 4. The highest BCUT2D eigenvalue weighted by molar-refractivity contribution is 7.89. The molecule has 0 radical (unpaired) electrons. The van der Waals surface area contributed by atoms with Gasteiger partial charge in [0.15, 0.2) is 0 Å². The molecule has 7 heteroatoms. The normalized spacial score (nSPS) is 20.2. The molecule has 21 heavy (non-hydrogen) atoms. The second kappa shape index (κ2) is 6.03. The van der Waals surface area contributed by atoms with E-state index in [0.29, 0.717) is 12.8 Å². The molecule has 2 rings (SSSR count). The molecule has 1 atom stereocenters. The Labute approximate surface area is 125 Å². The summed E-state index contributed by atoms with van der Waals surface area (Å²) in [5.41, 5.74) is 0.891. The van der Waals surface area contributed by atoms with Crippen molar-refractivity contribution in [3.63, 3.8) is 0 Å². The maximum Gasteiger partial charge on any atom is 0.322 e. The molecule has 1 N–H and O–H groups in total. The molecule has 6 nitrogen and oxygen atoms in total. The third-order valence-corrected chi connectivity index (χ3v) is 5.62. The molecule has 1 unspecified atom stereocenters. The Balaban J connectivity index is 2.33. The maximum atomic E-state index is 12.6. The second-order valence-corrected chi connectivity index (χ2v) is 7.24. The second-order valence-electron chi connectivity index (χ2n) is 5.35. The highest BCUT2D eigenvalue weighted by Crippen LogP contribution is 2.26. The van der Waals surface area contributed by atoms with Gasteiger partial charge in [-0.15, -0.1) is 0 Å². The van der Waals surface area contributed by atoms with Crippen molar-refractivity contribution >= 4 is 21.7 Å². The molecule has 0 aliphatic carbocycles. The fourth-order valence-corrected chi connectivity index (χ4v) is 4.14. The summed E-state index contributed by atoms with van der Waals surface area (Å²) in [6.07, 6.45) is 1.80. The van der Waals surface area contributed by atoms with Gasteiger partial charge in [-0.05, 0) is 43.5 Å². The third kappa shape index (κ3) is 3.19. The molecule has 0 bridgehead atoms. The standard InChI is InChI=1S/C14H20N2O4S/c1-15(2)11-6-8-12(9-7-11)21(19,20)16-10-4-3-5-13(16)14(17)18/h6-9,13H,3-5,10H2,1-2H3,(H,17,18). The van der Waals surface area contributed by atoms with Crippen molar-refractivity contribution in [2.24, 2.45) is 0 Å². The lowest BCUT2D eigenvalue weighted by molar-refractivity contribution is -0.142. The third-order valence-electron chi connectivity index (χ3n) is 3.70. The first-order chi connectivity index (χ1) is 9.84. The molecule has 0 aromatic heterocycles. The minimum absolute atomic E-state index is 0.140. The Morgan fingerprint density at radius 2 is 1.86 bits per heavy atom. The molecule has 1 aliphatic rings. The summed E-state index contributed by atoms with van der Waals surface area (Å²) in [5.74, 6) is -1.08. The fourth-order valence-electron chi connectivity index (χ4n) is 2.49. The smallest absolute Gasteiger partial charge is 0.322 e. The topological polar surface area (TPSA) is 77.9 Å². The van der Waals surface area contributed by atoms with Gasteiger partial charge in [-0.2, -0.15) is 4.31 Å². The van der Waals surface area contributed by atoms with Crippen LogP contribution in [0, 0.1) is 0 Å². The van der Waals surface area contributed by atoms with E-state index in [1.165, 1.54) is 12.1 Å². The van der Waals surface area contributed by atoms with Crippen molar-refractivity contribution < 1.29 is 18.3 Å². The van der Waals surface area contributed by atoms with Gasteiger partial charge in [0.2, 0.25) is 10.0 Å². The van der Waals surface area contributed by atoms with Crippen LogP contribution in [0.15, 0.2) is 29.2 Å². The average molecular weight is 312 g/mol. The zero-order valence-electron chi connectivity index (χ0n) is 12.2. The van der Waals surface area contributed by atoms with Crippen LogP contribution in [0.3, 0.4) is 0 Å². The summed E-state index contributed by atoms with van der Waals surface area (Å²) in [5, 5.41) is 9.22. The molecular weight excluding hydrogens is 292 g/mol. The van der Waals surface area contributed by atoms with Crippen LogP contribution in [0.25, 0.3) is 0 Å². The van der Waals surface area contributed by atoms with Crippen LogP contribution in [0.1, 0.15) is 19.3 Å². The summed E-state index contributed by atoms with van der Waals surface area (Å²) in [4.78, 5) is 13.3. The minimum Gasteiger partial charge on any atom is -0.480 e. The van der Waals surface area contributed by atoms with Crippen LogP contribution < -0.4 is 4.90 Å².